The molecule has 5 nitrogen and oxygen atoms in total. The number of hydrogen-bond acceptors (Lipinski definition) is 4. The van der Waals surface area contributed by atoms with Crippen molar-refractivity contribution in [2.45, 2.75) is 19.4 Å². The molecule has 88 valence electrons. The lowest BCUT2D eigenvalue weighted by atomic mass is 10.1. The summed E-state index contributed by atoms with van der Waals surface area (Å²) in [4.78, 5) is 10.3. The van der Waals surface area contributed by atoms with E-state index in [0.29, 0.717) is 17.9 Å². The van der Waals surface area contributed by atoms with Gasteiger partial charge in [-0.2, -0.15) is 0 Å². The topological polar surface area (TPSA) is 61.6 Å². The molecule has 0 N–H and O–H groups in total. The van der Waals surface area contributed by atoms with E-state index in [2.05, 4.69) is 0 Å². The number of hydrogen-bond donors (Lipinski definition) is 0. The van der Waals surface area contributed by atoms with Crippen LogP contribution < -0.4 is 9.47 Å². The second-order valence-corrected chi connectivity index (χ2v) is 3.52. The third-order valence-corrected chi connectivity index (χ3v) is 2.36. The minimum Gasteiger partial charge on any atom is -0.497 e. The van der Waals surface area contributed by atoms with Crippen molar-refractivity contribution in [3.8, 4) is 11.5 Å². The van der Waals surface area contributed by atoms with Crippen LogP contribution in [-0.4, -0.2) is 25.2 Å². The van der Waals surface area contributed by atoms with Gasteiger partial charge in [-0.1, -0.05) is 0 Å². The van der Waals surface area contributed by atoms with E-state index in [1.165, 1.54) is 0 Å². The van der Waals surface area contributed by atoms with E-state index in [1.54, 1.807) is 39.3 Å². The Bertz CT molecular complexity index is 378. The van der Waals surface area contributed by atoms with Crippen molar-refractivity contribution >= 4 is 0 Å². The van der Waals surface area contributed by atoms with Crippen molar-refractivity contribution in [3.05, 3.63) is 33.9 Å². The molecule has 1 atom stereocenters. The Hall–Kier alpha value is -1.78. The number of methoxy groups -OCH3 is 2. The SMILES string of the molecule is COc1ccc(OC)c(CC(C)[N+](=O)[O-])c1. The number of nitro groups is 1. The summed E-state index contributed by atoms with van der Waals surface area (Å²) >= 11 is 0. The van der Waals surface area contributed by atoms with E-state index in [4.69, 9.17) is 9.47 Å². The third kappa shape index (κ3) is 2.85. The van der Waals surface area contributed by atoms with Crippen LogP contribution in [0, 0.1) is 10.1 Å². The molecule has 1 rings (SSSR count). The van der Waals surface area contributed by atoms with Gasteiger partial charge >= 0.3 is 0 Å². The van der Waals surface area contributed by atoms with Gasteiger partial charge in [0, 0.05) is 23.8 Å². The normalized spacial score (nSPS) is 11.9. The minimum absolute atomic E-state index is 0.307. The molecule has 0 aliphatic rings. The Morgan fingerprint density at radius 3 is 2.56 bits per heavy atom. The Morgan fingerprint density at radius 2 is 2.06 bits per heavy atom. The first-order chi connectivity index (χ1) is 7.58. The van der Waals surface area contributed by atoms with E-state index in [1.807, 2.05) is 0 Å². The van der Waals surface area contributed by atoms with Gasteiger partial charge in [-0.3, -0.25) is 10.1 Å². The van der Waals surface area contributed by atoms with Crippen molar-refractivity contribution < 1.29 is 14.4 Å². The standard InChI is InChI=1S/C11H15NO4/c1-8(12(13)14)6-9-7-10(15-2)4-5-11(9)16-3/h4-5,7-8H,6H2,1-3H3. The van der Waals surface area contributed by atoms with E-state index >= 15 is 0 Å². The van der Waals surface area contributed by atoms with Crippen LogP contribution in [0.4, 0.5) is 0 Å². The lowest BCUT2D eigenvalue weighted by molar-refractivity contribution is -0.517. The first-order valence-electron chi connectivity index (χ1n) is 4.93. The molecule has 0 saturated carbocycles. The second-order valence-electron chi connectivity index (χ2n) is 3.52. The summed E-state index contributed by atoms with van der Waals surface area (Å²) in [5, 5.41) is 10.6. The van der Waals surface area contributed by atoms with Gasteiger partial charge in [0.05, 0.1) is 14.2 Å². The summed E-state index contributed by atoms with van der Waals surface area (Å²) in [6.07, 6.45) is 0.327. The fourth-order valence-corrected chi connectivity index (χ4v) is 1.43. The van der Waals surface area contributed by atoms with Crippen LogP contribution in [-0.2, 0) is 6.42 Å². The quantitative estimate of drug-likeness (QED) is 0.567. The average Bonchev–Trinajstić information content (AvgIpc) is 2.28. The van der Waals surface area contributed by atoms with Gasteiger partial charge in [0.25, 0.3) is 0 Å². The molecule has 0 bridgehead atoms. The molecular weight excluding hydrogens is 210 g/mol. The molecule has 1 unspecified atom stereocenters. The molecule has 0 spiro atoms. The Labute approximate surface area is 94.1 Å². The molecule has 0 amide bonds. The number of benzene rings is 1. The van der Waals surface area contributed by atoms with Crippen LogP contribution in [0.2, 0.25) is 0 Å². The lowest BCUT2D eigenvalue weighted by Gasteiger charge is -2.11. The smallest absolute Gasteiger partial charge is 0.214 e. The van der Waals surface area contributed by atoms with Crippen molar-refractivity contribution in [1.82, 2.24) is 0 Å². The molecule has 0 heterocycles. The van der Waals surface area contributed by atoms with Gasteiger partial charge in [0.15, 0.2) is 0 Å². The van der Waals surface area contributed by atoms with Gasteiger partial charge in [-0.25, -0.2) is 0 Å². The van der Waals surface area contributed by atoms with Crippen molar-refractivity contribution in [2.24, 2.45) is 0 Å². The highest BCUT2D eigenvalue weighted by molar-refractivity contribution is 5.40. The zero-order chi connectivity index (χ0) is 12.1. The highest BCUT2D eigenvalue weighted by Crippen LogP contribution is 2.25. The van der Waals surface area contributed by atoms with Gasteiger partial charge in [-0.05, 0) is 18.2 Å². The van der Waals surface area contributed by atoms with Gasteiger partial charge < -0.3 is 9.47 Å². The number of rotatable bonds is 5. The van der Waals surface area contributed by atoms with E-state index < -0.39 is 6.04 Å². The van der Waals surface area contributed by atoms with Crippen LogP contribution in [0.5, 0.6) is 11.5 Å². The zero-order valence-electron chi connectivity index (χ0n) is 9.60. The fourth-order valence-electron chi connectivity index (χ4n) is 1.43. The van der Waals surface area contributed by atoms with Crippen LogP contribution in [0.15, 0.2) is 18.2 Å². The first kappa shape index (κ1) is 12.3. The summed E-state index contributed by atoms with van der Waals surface area (Å²) in [5.74, 6) is 1.32. The Kier molecular flexibility index (Phi) is 4.10. The van der Waals surface area contributed by atoms with E-state index in [9.17, 15) is 10.1 Å². The van der Waals surface area contributed by atoms with Crippen LogP contribution in [0.1, 0.15) is 12.5 Å². The summed E-state index contributed by atoms with van der Waals surface area (Å²) in [6.45, 7) is 1.57. The van der Waals surface area contributed by atoms with E-state index in [-0.39, 0.29) is 4.92 Å². The highest BCUT2D eigenvalue weighted by Gasteiger charge is 2.17. The molecular formula is C11H15NO4. The fraction of sp³-hybridized carbons (Fsp3) is 0.455. The van der Waals surface area contributed by atoms with Crippen molar-refractivity contribution in [2.75, 3.05) is 14.2 Å². The molecule has 16 heavy (non-hydrogen) atoms. The maximum Gasteiger partial charge on any atom is 0.214 e. The molecule has 0 aliphatic heterocycles. The van der Waals surface area contributed by atoms with Crippen molar-refractivity contribution in [1.29, 1.82) is 0 Å². The lowest BCUT2D eigenvalue weighted by Crippen LogP contribution is -2.18. The van der Waals surface area contributed by atoms with Crippen LogP contribution in [0.3, 0.4) is 0 Å². The largest absolute Gasteiger partial charge is 0.497 e. The third-order valence-electron chi connectivity index (χ3n) is 2.36. The highest BCUT2D eigenvalue weighted by atomic mass is 16.6. The summed E-state index contributed by atoms with van der Waals surface area (Å²) < 4.78 is 10.2. The summed E-state index contributed by atoms with van der Waals surface area (Å²) in [7, 11) is 3.10. The molecule has 1 aromatic rings. The van der Waals surface area contributed by atoms with Crippen LogP contribution in [0.25, 0.3) is 0 Å². The van der Waals surface area contributed by atoms with Gasteiger partial charge in [-0.15, -0.1) is 0 Å². The second kappa shape index (κ2) is 5.34. The molecule has 0 fully saturated rings. The number of ether oxygens (including phenoxy) is 2. The predicted octanol–water partition coefficient (Wildman–Crippen LogP) is 1.91. The maximum absolute atomic E-state index is 10.6. The zero-order valence-corrected chi connectivity index (χ0v) is 9.60. The molecule has 5 heteroatoms. The number of nitrogens with zero attached hydrogens (tertiary/aromatic N) is 1. The minimum atomic E-state index is -0.638. The molecule has 0 aliphatic carbocycles. The molecule has 0 radical (unpaired) electrons. The molecule has 1 aromatic carbocycles. The van der Waals surface area contributed by atoms with Crippen LogP contribution >= 0.6 is 0 Å². The monoisotopic (exact) mass is 225 g/mol. The Balaban J connectivity index is 2.95. The van der Waals surface area contributed by atoms with Crippen molar-refractivity contribution in [3.63, 3.8) is 0 Å². The first-order valence-corrected chi connectivity index (χ1v) is 4.93. The predicted molar refractivity (Wildman–Crippen MR) is 59.7 cm³/mol. The maximum atomic E-state index is 10.6. The van der Waals surface area contributed by atoms with E-state index in [0.717, 1.165) is 5.56 Å². The average molecular weight is 225 g/mol. The molecule has 0 aromatic heterocycles. The summed E-state index contributed by atoms with van der Waals surface area (Å²) in [6, 6.07) is 4.64. The Morgan fingerprint density at radius 1 is 1.38 bits per heavy atom. The molecule has 0 saturated heterocycles. The summed E-state index contributed by atoms with van der Waals surface area (Å²) in [5.41, 5.74) is 0.783. The van der Waals surface area contributed by atoms with Gasteiger partial charge in [0.1, 0.15) is 11.5 Å². The van der Waals surface area contributed by atoms with Gasteiger partial charge in [0.2, 0.25) is 6.04 Å².